The number of hydrogen-bond acceptors (Lipinski definition) is 5. The molecule has 0 spiro atoms. The second kappa shape index (κ2) is 10.5. The van der Waals surface area contributed by atoms with Gasteiger partial charge in [-0.25, -0.2) is 4.79 Å². The van der Waals surface area contributed by atoms with Crippen molar-refractivity contribution in [2.45, 2.75) is 84.5 Å². The third-order valence-corrected chi connectivity index (χ3v) is 5.83. The quantitative estimate of drug-likeness (QED) is 0.491. The normalized spacial score (nSPS) is 17.9. The molecular weight excluding hydrogens is 468 g/mol. The van der Waals surface area contributed by atoms with Crippen molar-refractivity contribution in [1.29, 1.82) is 0 Å². The highest BCUT2D eigenvalue weighted by Crippen LogP contribution is 2.36. The number of esters is 1. The zero-order valence-electron chi connectivity index (χ0n) is 19.9. The van der Waals surface area contributed by atoms with Crippen LogP contribution in [-0.2, 0) is 32.0 Å². The van der Waals surface area contributed by atoms with Gasteiger partial charge in [0.1, 0.15) is 16.7 Å². The number of halogens is 3. The van der Waals surface area contributed by atoms with E-state index in [0.717, 1.165) is 15.7 Å². The molecule has 0 N–H and O–H groups in total. The van der Waals surface area contributed by atoms with E-state index >= 15 is 0 Å². The zero-order chi connectivity index (χ0) is 25.2. The molecule has 0 amide bonds. The third-order valence-electron chi connectivity index (χ3n) is 5.48. The Morgan fingerprint density at radius 3 is 2.59 bits per heavy atom. The van der Waals surface area contributed by atoms with Gasteiger partial charge in [0.05, 0.1) is 18.8 Å². The molecule has 3 rings (SSSR count). The van der Waals surface area contributed by atoms with Crippen LogP contribution in [0.5, 0.6) is 0 Å². The van der Waals surface area contributed by atoms with Crippen LogP contribution in [0.2, 0.25) is 5.02 Å². The van der Waals surface area contributed by atoms with Gasteiger partial charge in [-0.3, -0.25) is 9.36 Å². The van der Waals surface area contributed by atoms with Gasteiger partial charge in [0.25, 0.3) is 5.56 Å². The Bertz CT molecular complexity index is 1100. The molecule has 1 unspecified atom stereocenters. The maximum absolute atomic E-state index is 13.4. The van der Waals surface area contributed by atoms with E-state index in [-0.39, 0.29) is 24.2 Å². The van der Waals surface area contributed by atoms with Crippen LogP contribution >= 0.6 is 11.6 Å². The van der Waals surface area contributed by atoms with Crippen LogP contribution < -0.4 is 5.56 Å². The third kappa shape index (κ3) is 6.23. The summed E-state index contributed by atoms with van der Waals surface area (Å²) in [5.41, 5.74) is 1.49. The standard InChI is InChI=1S/C25H30ClF2NO5/c1-14-10-16-8-6-7-9-18(16)20-17(13-32-14)12-29(22(30)21(20)26)19(11-15(2)33-24(27)28)23(31)34-25(3,4)5/h6-9,12,14-15,19,24H,10-11,13H2,1-5H3/t14-,15+,19?/m1/s1. The first-order valence-corrected chi connectivity index (χ1v) is 11.5. The van der Waals surface area contributed by atoms with E-state index in [1.54, 1.807) is 20.8 Å². The van der Waals surface area contributed by atoms with Crippen molar-refractivity contribution in [2.75, 3.05) is 0 Å². The molecule has 3 atom stereocenters. The van der Waals surface area contributed by atoms with Gasteiger partial charge in [-0.2, -0.15) is 8.78 Å². The number of aromatic nitrogens is 1. The van der Waals surface area contributed by atoms with Crippen molar-refractivity contribution < 1.29 is 27.8 Å². The number of ether oxygens (including phenoxy) is 3. The number of carbonyl (C=O) groups excluding carboxylic acids is 1. The fourth-order valence-electron chi connectivity index (χ4n) is 4.07. The van der Waals surface area contributed by atoms with Gasteiger partial charge < -0.3 is 14.2 Å². The Balaban J connectivity index is 2.15. The molecule has 0 fully saturated rings. The lowest BCUT2D eigenvalue weighted by atomic mass is 9.92. The van der Waals surface area contributed by atoms with Crippen LogP contribution in [0.4, 0.5) is 8.78 Å². The van der Waals surface area contributed by atoms with Gasteiger partial charge in [0, 0.05) is 23.7 Å². The molecule has 0 bridgehead atoms. The first kappa shape index (κ1) is 26.3. The van der Waals surface area contributed by atoms with E-state index in [2.05, 4.69) is 4.74 Å². The van der Waals surface area contributed by atoms with E-state index in [4.69, 9.17) is 21.1 Å². The molecule has 34 heavy (non-hydrogen) atoms. The molecule has 0 saturated heterocycles. The monoisotopic (exact) mass is 497 g/mol. The fraction of sp³-hybridized carbons (Fsp3) is 0.520. The average molecular weight is 498 g/mol. The van der Waals surface area contributed by atoms with Crippen molar-refractivity contribution in [3.05, 3.63) is 57.0 Å². The van der Waals surface area contributed by atoms with Crippen LogP contribution in [0.3, 0.4) is 0 Å². The van der Waals surface area contributed by atoms with Gasteiger partial charge in [-0.1, -0.05) is 35.9 Å². The molecule has 0 radical (unpaired) electrons. The maximum atomic E-state index is 13.4. The summed E-state index contributed by atoms with van der Waals surface area (Å²) < 4.78 is 42.7. The molecule has 1 aromatic heterocycles. The summed E-state index contributed by atoms with van der Waals surface area (Å²) in [6.45, 7) is 5.56. The summed E-state index contributed by atoms with van der Waals surface area (Å²) in [5.74, 6) is -0.740. The molecule has 186 valence electrons. The lowest BCUT2D eigenvalue weighted by molar-refractivity contribution is -0.172. The number of benzene rings is 1. The summed E-state index contributed by atoms with van der Waals surface area (Å²) in [6.07, 6.45) is 0.846. The van der Waals surface area contributed by atoms with Crippen molar-refractivity contribution >= 4 is 17.6 Å². The predicted molar refractivity (Wildman–Crippen MR) is 125 cm³/mol. The summed E-state index contributed by atoms with van der Waals surface area (Å²) in [4.78, 5) is 26.5. The van der Waals surface area contributed by atoms with Crippen LogP contribution in [0.15, 0.2) is 35.3 Å². The molecule has 2 aromatic rings. The van der Waals surface area contributed by atoms with E-state index in [9.17, 15) is 18.4 Å². The minimum Gasteiger partial charge on any atom is -0.458 e. The lowest BCUT2D eigenvalue weighted by Gasteiger charge is -2.28. The lowest BCUT2D eigenvalue weighted by Crippen LogP contribution is -2.37. The summed E-state index contributed by atoms with van der Waals surface area (Å²) in [6, 6.07) is 6.40. The van der Waals surface area contributed by atoms with Crippen LogP contribution in [0.1, 0.15) is 58.2 Å². The minimum absolute atomic E-state index is 0.0703. The number of pyridine rings is 1. The van der Waals surface area contributed by atoms with E-state index in [1.807, 2.05) is 31.2 Å². The van der Waals surface area contributed by atoms with Crippen LogP contribution in [-0.4, -0.2) is 35.0 Å². The largest absolute Gasteiger partial charge is 0.458 e. The van der Waals surface area contributed by atoms with Gasteiger partial charge in [0.2, 0.25) is 0 Å². The average Bonchev–Trinajstić information content (AvgIpc) is 2.71. The van der Waals surface area contributed by atoms with E-state index in [0.29, 0.717) is 17.5 Å². The summed E-state index contributed by atoms with van der Waals surface area (Å²) in [7, 11) is 0. The molecule has 0 saturated carbocycles. The van der Waals surface area contributed by atoms with Gasteiger partial charge in [-0.15, -0.1) is 0 Å². The molecular formula is C25H30ClF2NO5. The molecule has 1 aliphatic heterocycles. The Labute approximate surface area is 202 Å². The molecule has 1 aromatic carbocycles. The number of alkyl halides is 2. The van der Waals surface area contributed by atoms with Crippen molar-refractivity contribution in [3.8, 4) is 11.1 Å². The Kier molecular flexibility index (Phi) is 8.16. The molecule has 0 aliphatic carbocycles. The van der Waals surface area contributed by atoms with Gasteiger partial charge in [-0.05, 0) is 52.2 Å². The first-order chi connectivity index (χ1) is 15.9. The molecule has 1 aliphatic rings. The van der Waals surface area contributed by atoms with E-state index < -0.39 is 35.9 Å². The Morgan fingerprint density at radius 1 is 1.26 bits per heavy atom. The highest BCUT2D eigenvalue weighted by Gasteiger charge is 2.32. The molecule has 9 heteroatoms. The zero-order valence-corrected chi connectivity index (χ0v) is 20.7. The highest BCUT2D eigenvalue weighted by atomic mass is 35.5. The fourth-order valence-corrected chi connectivity index (χ4v) is 4.39. The van der Waals surface area contributed by atoms with Crippen LogP contribution in [0.25, 0.3) is 11.1 Å². The SMILES string of the molecule is C[C@@H]1Cc2ccccc2-c2c(cn(C(C[C@H](C)OC(F)F)C(=O)OC(C)(C)C)c(=O)c2Cl)CO1. The number of hydrogen-bond donors (Lipinski definition) is 0. The number of rotatable bonds is 6. The van der Waals surface area contributed by atoms with Gasteiger partial charge >= 0.3 is 12.6 Å². The Hall–Kier alpha value is -2.29. The summed E-state index contributed by atoms with van der Waals surface area (Å²) in [5, 5.41) is -0.0703. The van der Waals surface area contributed by atoms with Crippen LogP contribution in [0, 0.1) is 0 Å². The number of nitrogens with zero attached hydrogens (tertiary/aromatic N) is 1. The smallest absolute Gasteiger partial charge is 0.345 e. The number of carbonyl (C=O) groups is 1. The Morgan fingerprint density at radius 2 is 1.94 bits per heavy atom. The number of fused-ring (bicyclic) bond motifs is 3. The topological polar surface area (TPSA) is 66.8 Å². The maximum Gasteiger partial charge on any atom is 0.345 e. The minimum atomic E-state index is -3.02. The second-order valence-corrected chi connectivity index (χ2v) is 9.91. The van der Waals surface area contributed by atoms with Crippen molar-refractivity contribution in [1.82, 2.24) is 4.57 Å². The molecule has 2 heterocycles. The predicted octanol–water partition coefficient (Wildman–Crippen LogP) is 5.53. The molecule has 6 nitrogen and oxygen atoms in total. The highest BCUT2D eigenvalue weighted by molar-refractivity contribution is 6.33. The first-order valence-electron chi connectivity index (χ1n) is 11.2. The van der Waals surface area contributed by atoms with Gasteiger partial charge in [0.15, 0.2) is 0 Å². The van der Waals surface area contributed by atoms with E-state index in [1.165, 1.54) is 13.1 Å². The summed E-state index contributed by atoms with van der Waals surface area (Å²) >= 11 is 6.62. The van der Waals surface area contributed by atoms with Crippen molar-refractivity contribution in [3.63, 3.8) is 0 Å². The second-order valence-electron chi connectivity index (χ2n) is 9.53. The van der Waals surface area contributed by atoms with Crippen molar-refractivity contribution in [2.24, 2.45) is 0 Å².